The van der Waals surface area contributed by atoms with Crippen molar-refractivity contribution in [2.24, 2.45) is 5.92 Å². The first-order chi connectivity index (χ1) is 17.1. The highest BCUT2D eigenvalue weighted by Gasteiger charge is 2.12. The second-order valence-corrected chi connectivity index (χ2v) is 8.41. The molecule has 0 radical (unpaired) electrons. The Hall–Kier alpha value is -2.83. The molecule has 2 aromatic rings. The first-order valence-electron chi connectivity index (χ1n) is 12.6. The van der Waals surface area contributed by atoms with E-state index in [9.17, 15) is 4.79 Å². The third-order valence-corrected chi connectivity index (χ3v) is 4.82. The summed E-state index contributed by atoms with van der Waals surface area (Å²) in [5.74, 6) is 1.14. The minimum Gasteiger partial charge on any atom is -0.353 e. The van der Waals surface area contributed by atoms with Crippen LogP contribution in [0.4, 0.5) is 17.2 Å². The summed E-state index contributed by atoms with van der Waals surface area (Å²) < 4.78 is 0. The number of hydroxylamine groups is 1. The van der Waals surface area contributed by atoms with Crippen molar-refractivity contribution < 1.29 is 9.63 Å². The van der Waals surface area contributed by atoms with E-state index in [1.165, 1.54) is 20.0 Å². The molecule has 0 fully saturated rings. The van der Waals surface area contributed by atoms with Gasteiger partial charge in [0.05, 0.1) is 35.3 Å². The number of amides is 1. The Morgan fingerprint density at radius 3 is 2.19 bits per heavy atom. The fourth-order valence-corrected chi connectivity index (χ4v) is 2.28. The lowest BCUT2D eigenvalue weighted by Crippen LogP contribution is -2.22. The highest BCUT2D eigenvalue weighted by atomic mass is 35.5. The summed E-state index contributed by atoms with van der Waals surface area (Å²) in [6.45, 7) is 22.5. The Balaban J connectivity index is 0. The van der Waals surface area contributed by atoms with E-state index in [1.54, 1.807) is 36.5 Å². The number of nitrogens with zero attached hydrogens (tertiary/aromatic N) is 1. The maximum Gasteiger partial charge on any atom is 0.276 e. The van der Waals surface area contributed by atoms with Crippen LogP contribution in [0.3, 0.4) is 0 Å². The zero-order valence-corrected chi connectivity index (χ0v) is 24.6. The van der Waals surface area contributed by atoms with E-state index >= 15 is 0 Å². The lowest BCUT2D eigenvalue weighted by molar-refractivity contribution is 0.0538. The van der Waals surface area contributed by atoms with Crippen molar-refractivity contribution in [3.63, 3.8) is 0 Å². The van der Waals surface area contributed by atoms with E-state index in [1.807, 2.05) is 33.8 Å². The number of hydrogen-bond acceptors (Lipinski definition) is 5. The largest absolute Gasteiger partial charge is 0.353 e. The number of carbonyl (C=O) groups is 1. The topological polar surface area (TPSA) is 75.3 Å². The van der Waals surface area contributed by atoms with Crippen LogP contribution < -0.4 is 16.1 Å². The molecule has 0 saturated carbocycles. The molecule has 1 heterocycles. The van der Waals surface area contributed by atoms with Crippen LogP contribution in [0, 0.1) is 5.92 Å². The second kappa shape index (κ2) is 21.5. The number of halogens is 1. The van der Waals surface area contributed by atoms with Gasteiger partial charge in [-0.3, -0.25) is 9.63 Å². The fourth-order valence-electron chi connectivity index (χ4n) is 2.13. The van der Waals surface area contributed by atoms with Crippen LogP contribution in [0.15, 0.2) is 60.5 Å². The molecule has 0 aliphatic carbocycles. The molecular formula is C29H47ClN4O2. The number of aromatic nitrogens is 1. The first-order valence-corrected chi connectivity index (χ1v) is 12.9. The molecule has 6 nitrogen and oxygen atoms in total. The highest BCUT2D eigenvalue weighted by molar-refractivity contribution is 6.33. The maximum atomic E-state index is 12.1. The average molecular weight is 519 g/mol. The molecule has 1 aromatic carbocycles. The van der Waals surface area contributed by atoms with Gasteiger partial charge in [-0.15, -0.1) is 0 Å². The van der Waals surface area contributed by atoms with Gasteiger partial charge in [-0.25, -0.2) is 10.5 Å². The molecule has 0 aliphatic heterocycles. The van der Waals surface area contributed by atoms with Crippen LogP contribution >= 0.6 is 11.6 Å². The van der Waals surface area contributed by atoms with Crippen molar-refractivity contribution in [1.29, 1.82) is 0 Å². The zero-order chi connectivity index (χ0) is 28.1. The quantitative estimate of drug-likeness (QED) is 0.240. The molecule has 1 aromatic heterocycles. The number of hydrogen-bond donors (Lipinski definition) is 3. The second-order valence-electron chi connectivity index (χ2n) is 8.00. The minimum absolute atomic E-state index is 0.362. The number of anilines is 3. The van der Waals surface area contributed by atoms with E-state index in [0.717, 1.165) is 17.2 Å². The van der Waals surface area contributed by atoms with Gasteiger partial charge < -0.3 is 10.6 Å². The number of para-hydroxylation sites is 1. The molecular weight excluding hydrogens is 472 g/mol. The van der Waals surface area contributed by atoms with Crippen molar-refractivity contribution in [3.8, 4) is 0 Å². The predicted molar refractivity (Wildman–Crippen MR) is 158 cm³/mol. The summed E-state index contributed by atoms with van der Waals surface area (Å²) in [5.41, 5.74) is 5.89. The van der Waals surface area contributed by atoms with E-state index < -0.39 is 0 Å². The summed E-state index contributed by atoms with van der Waals surface area (Å²) in [6, 6.07) is 8.82. The van der Waals surface area contributed by atoms with Crippen molar-refractivity contribution in [1.82, 2.24) is 10.5 Å². The van der Waals surface area contributed by atoms with Gasteiger partial charge in [0.25, 0.3) is 5.91 Å². The third-order valence-electron chi connectivity index (χ3n) is 4.52. The highest BCUT2D eigenvalue weighted by Crippen LogP contribution is 2.29. The first kappa shape index (κ1) is 35.3. The molecule has 0 atom stereocenters. The normalized spacial score (nSPS) is 10.2. The monoisotopic (exact) mass is 518 g/mol. The molecule has 3 N–H and O–H groups in total. The molecule has 0 spiro atoms. The molecule has 2 rings (SSSR count). The number of carbonyl (C=O) groups excluding carboxylic acids is 1. The van der Waals surface area contributed by atoms with Crippen LogP contribution in [-0.2, 0) is 4.84 Å². The van der Waals surface area contributed by atoms with Crippen LogP contribution in [0.5, 0.6) is 0 Å². The minimum atomic E-state index is -0.362. The van der Waals surface area contributed by atoms with Gasteiger partial charge in [0.15, 0.2) is 0 Å². The summed E-state index contributed by atoms with van der Waals surface area (Å²) >= 11 is 6.26. The lowest BCUT2D eigenvalue weighted by atomic mass is 10.1. The molecule has 1 amide bonds. The van der Waals surface area contributed by atoms with Gasteiger partial charge in [-0.1, -0.05) is 97.7 Å². The number of benzene rings is 1. The van der Waals surface area contributed by atoms with Crippen LogP contribution in [0.1, 0.15) is 85.5 Å². The smallest absolute Gasteiger partial charge is 0.276 e. The molecule has 0 bridgehead atoms. The molecule has 0 saturated heterocycles. The van der Waals surface area contributed by atoms with E-state index in [4.69, 9.17) is 16.4 Å². The van der Waals surface area contributed by atoms with Crippen LogP contribution in [-0.4, -0.2) is 18.0 Å². The third kappa shape index (κ3) is 14.5. The molecule has 0 aliphatic rings. The van der Waals surface area contributed by atoms with Gasteiger partial charge in [-0.05, 0) is 37.5 Å². The van der Waals surface area contributed by atoms with Crippen LogP contribution in [0.25, 0.3) is 0 Å². The predicted octanol–water partition coefficient (Wildman–Crippen LogP) is 9.16. The Bertz CT molecular complexity index is 927. The van der Waals surface area contributed by atoms with Crippen molar-refractivity contribution in [2.45, 2.75) is 75.2 Å². The van der Waals surface area contributed by atoms with Gasteiger partial charge in [0.2, 0.25) is 0 Å². The maximum absolute atomic E-state index is 12.1. The SMILES string of the molecule is C=C/C(C)=C(\C)Nc1cc(Nc2ccccc2C(=O)NOC)c(Cl)cn1.CC.CCC.CCC(C)C. The van der Waals surface area contributed by atoms with E-state index in [0.29, 0.717) is 27.8 Å². The van der Waals surface area contributed by atoms with Gasteiger partial charge in [0, 0.05) is 11.8 Å². The Kier molecular flexibility index (Phi) is 21.1. The number of pyridine rings is 1. The number of rotatable bonds is 8. The lowest BCUT2D eigenvalue weighted by Gasteiger charge is -2.14. The average Bonchev–Trinajstić information content (AvgIpc) is 2.88. The Morgan fingerprint density at radius 1 is 1.14 bits per heavy atom. The van der Waals surface area contributed by atoms with Gasteiger partial charge in [0.1, 0.15) is 5.82 Å². The summed E-state index contributed by atoms with van der Waals surface area (Å²) in [6.07, 6.45) is 5.86. The van der Waals surface area contributed by atoms with Crippen molar-refractivity contribution in [2.75, 3.05) is 17.7 Å². The number of allylic oxidation sites excluding steroid dienone is 3. The summed E-state index contributed by atoms with van der Waals surface area (Å²) in [7, 11) is 1.38. The van der Waals surface area contributed by atoms with Gasteiger partial charge in [-0.2, -0.15) is 0 Å². The standard InChI is InChI=1S/C19H21ClN4O2.C5H12.C3H8.C2H6/c1-5-12(2)13(3)22-18-10-17(15(20)11-21-18)23-16-9-7-6-8-14(16)19(25)24-26-4;1-4-5(2)3;1-3-2;1-2/h5-11H,1H2,2-4H3,(H,24,25)(H2,21,22,23);5H,4H2,1-3H3;3H2,1-2H3;1-2H3/b13-12+;;;. The van der Waals surface area contributed by atoms with Crippen molar-refractivity contribution in [3.05, 3.63) is 71.0 Å². The Labute approximate surface area is 224 Å². The Morgan fingerprint density at radius 2 is 1.69 bits per heavy atom. The molecule has 202 valence electrons. The fraction of sp³-hybridized carbons (Fsp3) is 0.448. The molecule has 7 heteroatoms. The van der Waals surface area contributed by atoms with Gasteiger partial charge >= 0.3 is 0 Å². The van der Waals surface area contributed by atoms with Crippen LogP contribution in [0.2, 0.25) is 5.02 Å². The molecule has 0 unspecified atom stereocenters. The van der Waals surface area contributed by atoms with Crippen molar-refractivity contribution >= 4 is 34.7 Å². The molecule has 36 heavy (non-hydrogen) atoms. The van der Waals surface area contributed by atoms with E-state index in [2.05, 4.69) is 62.3 Å². The summed E-state index contributed by atoms with van der Waals surface area (Å²) in [4.78, 5) is 21.1. The number of nitrogens with one attached hydrogen (secondary N) is 3. The zero-order valence-electron chi connectivity index (χ0n) is 23.9. The summed E-state index contributed by atoms with van der Waals surface area (Å²) in [5, 5.41) is 6.81. The van der Waals surface area contributed by atoms with E-state index in [-0.39, 0.29) is 5.91 Å².